The van der Waals surface area contributed by atoms with Crippen molar-refractivity contribution in [3.8, 4) is 5.69 Å². The number of carbonyl (C=O) groups excluding carboxylic acids is 1. The maximum Gasteiger partial charge on any atom is 0.223 e. The minimum atomic E-state index is 0.153. The highest BCUT2D eigenvalue weighted by molar-refractivity contribution is 5.78. The van der Waals surface area contributed by atoms with Crippen molar-refractivity contribution in [3.63, 3.8) is 0 Å². The van der Waals surface area contributed by atoms with E-state index in [1.54, 1.807) is 11.0 Å². The lowest BCUT2D eigenvalue weighted by atomic mass is 9.97. The van der Waals surface area contributed by atoms with Crippen LogP contribution >= 0.6 is 0 Å². The standard InChI is InChI=1S/C15H19N5O/c21-15(13-5-7-16-8-6-13)18-9-12-1-3-14(4-2-12)20-11-17-10-19-20/h1-4,10-11,13,16H,5-9H2,(H,18,21). The van der Waals surface area contributed by atoms with Gasteiger partial charge in [0.25, 0.3) is 0 Å². The third-order valence-corrected chi connectivity index (χ3v) is 3.80. The van der Waals surface area contributed by atoms with Gasteiger partial charge < -0.3 is 10.6 Å². The normalized spacial score (nSPS) is 15.8. The summed E-state index contributed by atoms with van der Waals surface area (Å²) in [7, 11) is 0. The van der Waals surface area contributed by atoms with Crippen LogP contribution in [0.1, 0.15) is 18.4 Å². The molecule has 1 saturated heterocycles. The first-order valence-electron chi connectivity index (χ1n) is 7.25. The molecule has 6 heteroatoms. The lowest BCUT2D eigenvalue weighted by Gasteiger charge is -2.21. The molecule has 110 valence electrons. The molecule has 1 aromatic carbocycles. The van der Waals surface area contributed by atoms with E-state index in [4.69, 9.17) is 0 Å². The van der Waals surface area contributed by atoms with Crippen LogP contribution in [0, 0.1) is 5.92 Å². The van der Waals surface area contributed by atoms with Gasteiger partial charge in [0.05, 0.1) is 5.69 Å². The first-order chi connectivity index (χ1) is 10.3. The fourth-order valence-corrected chi connectivity index (χ4v) is 2.53. The third kappa shape index (κ3) is 3.46. The minimum Gasteiger partial charge on any atom is -0.352 e. The van der Waals surface area contributed by atoms with Crippen LogP contribution in [0.15, 0.2) is 36.9 Å². The van der Waals surface area contributed by atoms with E-state index in [9.17, 15) is 4.79 Å². The SMILES string of the molecule is O=C(NCc1ccc(-n2cncn2)cc1)C1CCNCC1. The van der Waals surface area contributed by atoms with Crippen molar-refractivity contribution in [3.05, 3.63) is 42.5 Å². The van der Waals surface area contributed by atoms with Gasteiger partial charge in [0.1, 0.15) is 12.7 Å². The van der Waals surface area contributed by atoms with Gasteiger partial charge in [-0.2, -0.15) is 5.10 Å². The quantitative estimate of drug-likeness (QED) is 0.875. The van der Waals surface area contributed by atoms with Crippen LogP contribution in [0.25, 0.3) is 5.69 Å². The number of hydrogen-bond donors (Lipinski definition) is 2. The minimum absolute atomic E-state index is 0.153. The van der Waals surface area contributed by atoms with Crippen molar-refractivity contribution in [2.45, 2.75) is 19.4 Å². The summed E-state index contributed by atoms with van der Waals surface area (Å²) in [6, 6.07) is 7.95. The molecule has 0 aliphatic carbocycles. The molecule has 6 nitrogen and oxygen atoms in total. The first-order valence-corrected chi connectivity index (χ1v) is 7.25. The fourth-order valence-electron chi connectivity index (χ4n) is 2.53. The lowest BCUT2D eigenvalue weighted by molar-refractivity contribution is -0.125. The van der Waals surface area contributed by atoms with E-state index in [1.165, 1.54) is 6.33 Å². The zero-order valence-electron chi connectivity index (χ0n) is 11.8. The summed E-state index contributed by atoms with van der Waals surface area (Å²) in [4.78, 5) is 16.0. The van der Waals surface area contributed by atoms with E-state index in [0.717, 1.165) is 37.2 Å². The van der Waals surface area contributed by atoms with Crippen molar-refractivity contribution in [2.24, 2.45) is 5.92 Å². The van der Waals surface area contributed by atoms with Crippen LogP contribution in [0.4, 0.5) is 0 Å². The maximum atomic E-state index is 12.1. The summed E-state index contributed by atoms with van der Waals surface area (Å²) in [5.41, 5.74) is 2.04. The summed E-state index contributed by atoms with van der Waals surface area (Å²) in [6.07, 6.45) is 5.02. The monoisotopic (exact) mass is 285 g/mol. The van der Waals surface area contributed by atoms with Crippen LogP contribution in [0.2, 0.25) is 0 Å². The number of amides is 1. The molecule has 2 heterocycles. The number of rotatable bonds is 4. The summed E-state index contributed by atoms with van der Waals surface area (Å²) in [5.74, 6) is 0.317. The van der Waals surface area contributed by atoms with Gasteiger partial charge >= 0.3 is 0 Å². The summed E-state index contributed by atoms with van der Waals surface area (Å²) in [5, 5.41) is 10.4. The smallest absolute Gasteiger partial charge is 0.223 e. The average Bonchev–Trinajstić information content (AvgIpc) is 3.08. The Hall–Kier alpha value is -2.21. The predicted molar refractivity (Wildman–Crippen MR) is 78.8 cm³/mol. The zero-order valence-corrected chi connectivity index (χ0v) is 11.8. The highest BCUT2D eigenvalue weighted by atomic mass is 16.1. The molecule has 0 unspecified atom stereocenters. The van der Waals surface area contributed by atoms with Crippen LogP contribution in [0.5, 0.6) is 0 Å². The van der Waals surface area contributed by atoms with E-state index in [-0.39, 0.29) is 11.8 Å². The molecule has 21 heavy (non-hydrogen) atoms. The number of carbonyl (C=O) groups is 1. The molecule has 0 atom stereocenters. The molecule has 1 aliphatic rings. The topological polar surface area (TPSA) is 71.8 Å². The van der Waals surface area contributed by atoms with Crippen molar-refractivity contribution >= 4 is 5.91 Å². The number of hydrogen-bond acceptors (Lipinski definition) is 4. The molecule has 1 aromatic heterocycles. The van der Waals surface area contributed by atoms with E-state index in [2.05, 4.69) is 20.7 Å². The highest BCUT2D eigenvalue weighted by Crippen LogP contribution is 2.12. The second-order valence-corrected chi connectivity index (χ2v) is 5.25. The van der Waals surface area contributed by atoms with Crippen LogP contribution in [-0.4, -0.2) is 33.8 Å². The molecule has 3 rings (SSSR count). The van der Waals surface area contributed by atoms with Crippen LogP contribution in [0.3, 0.4) is 0 Å². The Morgan fingerprint density at radius 3 is 2.71 bits per heavy atom. The summed E-state index contributed by atoms with van der Waals surface area (Å²) < 4.78 is 1.71. The molecule has 1 fully saturated rings. The highest BCUT2D eigenvalue weighted by Gasteiger charge is 2.20. The number of aromatic nitrogens is 3. The Bertz CT molecular complexity index is 573. The molecule has 0 radical (unpaired) electrons. The second kappa shape index (κ2) is 6.49. The van der Waals surface area contributed by atoms with Crippen molar-refractivity contribution in [1.82, 2.24) is 25.4 Å². The van der Waals surface area contributed by atoms with E-state index in [1.807, 2.05) is 24.3 Å². The second-order valence-electron chi connectivity index (χ2n) is 5.25. The molecule has 2 N–H and O–H groups in total. The third-order valence-electron chi connectivity index (χ3n) is 3.80. The van der Waals surface area contributed by atoms with E-state index < -0.39 is 0 Å². The van der Waals surface area contributed by atoms with Gasteiger partial charge in [-0.1, -0.05) is 12.1 Å². The largest absolute Gasteiger partial charge is 0.352 e. The average molecular weight is 285 g/mol. The van der Waals surface area contributed by atoms with Crippen molar-refractivity contribution < 1.29 is 4.79 Å². The van der Waals surface area contributed by atoms with Gasteiger partial charge in [0, 0.05) is 12.5 Å². The van der Waals surface area contributed by atoms with Gasteiger partial charge in [0.15, 0.2) is 0 Å². The molecule has 2 aromatic rings. The first kappa shape index (κ1) is 13.8. The zero-order chi connectivity index (χ0) is 14.5. The Kier molecular flexibility index (Phi) is 4.25. The van der Waals surface area contributed by atoms with E-state index >= 15 is 0 Å². The molecule has 1 amide bonds. The Balaban J connectivity index is 1.54. The van der Waals surface area contributed by atoms with Crippen molar-refractivity contribution in [2.75, 3.05) is 13.1 Å². The number of benzene rings is 1. The Labute approximate surface area is 123 Å². The number of piperidine rings is 1. The molecule has 0 spiro atoms. The summed E-state index contributed by atoms with van der Waals surface area (Å²) in [6.45, 7) is 2.44. The van der Waals surface area contributed by atoms with Crippen molar-refractivity contribution in [1.29, 1.82) is 0 Å². The maximum absolute atomic E-state index is 12.1. The Morgan fingerprint density at radius 1 is 1.29 bits per heavy atom. The lowest BCUT2D eigenvalue weighted by Crippen LogP contribution is -2.37. The molecular formula is C15H19N5O. The molecule has 0 saturated carbocycles. The van der Waals surface area contributed by atoms with Gasteiger partial charge in [-0.3, -0.25) is 4.79 Å². The predicted octanol–water partition coefficient (Wildman–Crippen LogP) is 0.883. The van der Waals surface area contributed by atoms with Gasteiger partial charge in [-0.25, -0.2) is 9.67 Å². The Morgan fingerprint density at radius 2 is 2.05 bits per heavy atom. The van der Waals surface area contributed by atoms with Gasteiger partial charge in [-0.15, -0.1) is 0 Å². The van der Waals surface area contributed by atoms with Crippen LogP contribution in [-0.2, 0) is 11.3 Å². The van der Waals surface area contributed by atoms with E-state index in [0.29, 0.717) is 6.54 Å². The van der Waals surface area contributed by atoms with Gasteiger partial charge in [0.2, 0.25) is 5.91 Å². The van der Waals surface area contributed by atoms with Gasteiger partial charge in [-0.05, 0) is 43.6 Å². The molecule has 0 bridgehead atoms. The molecular weight excluding hydrogens is 266 g/mol. The number of nitrogens with zero attached hydrogens (tertiary/aromatic N) is 3. The fraction of sp³-hybridized carbons (Fsp3) is 0.400. The number of nitrogens with one attached hydrogen (secondary N) is 2. The summed E-state index contributed by atoms with van der Waals surface area (Å²) >= 11 is 0. The molecule has 1 aliphatic heterocycles. The van der Waals surface area contributed by atoms with Crippen LogP contribution < -0.4 is 10.6 Å².